The van der Waals surface area contributed by atoms with E-state index in [9.17, 15) is 12.8 Å². The summed E-state index contributed by atoms with van der Waals surface area (Å²) in [5, 5.41) is 5.11. The average molecular weight is 428 g/mol. The first-order chi connectivity index (χ1) is 12.7. The Bertz CT molecular complexity index is 1100. The molecular formula is C18H16Cl2FN3O2S. The van der Waals surface area contributed by atoms with Gasteiger partial charge in [-0.2, -0.15) is 5.10 Å². The van der Waals surface area contributed by atoms with E-state index >= 15 is 0 Å². The molecule has 27 heavy (non-hydrogen) atoms. The van der Waals surface area contributed by atoms with Crippen LogP contribution in [0.2, 0.25) is 10.0 Å². The molecule has 0 aliphatic heterocycles. The molecule has 0 fully saturated rings. The molecule has 0 amide bonds. The molecule has 0 saturated heterocycles. The van der Waals surface area contributed by atoms with E-state index < -0.39 is 15.8 Å². The lowest BCUT2D eigenvalue weighted by Crippen LogP contribution is -2.14. The molecule has 3 aromatic rings. The minimum absolute atomic E-state index is 0.0972. The van der Waals surface area contributed by atoms with Crippen molar-refractivity contribution in [1.29, 1.82) is 0 Å². The number of hydrogen-bond acceptors (Lipinski definition) is 3. The van der Waals surface area contributed by atoms with Crippen molar-refractivity contribution in [2.24, 2.45) is 0 Å². The summed E-state index contributed by atoms with van der Waals surface area (Å²) in [4.78, 5) is 0.0972. The largest absolute Gasteiger partial charge is 0.276 e. The molecule has 1 N–H and O–H groups in total. The fourth-order valence-electron chi connectivity index (χ4n) is 2.62. The van der Waals surface area contributed by atoms with Crippen LogP contribution in [0.5, 0.6) is 0 Å². The van der Waals surface area contributed by atoms with Crippen LogP contribution >= 0.6 is 23.2 Å². The third-order valence-corrected chi connectivity index (χ3v) is 6.05. The van der Waals surface area contributed by atoms with Crippen LogP contribution in [-0.4, -0.2) is 18.2 Å². The number of halogens is 3. The first-order valence-corrected chi connectivity index (χ1v) is 10.2. The van der Waals surface area contributed by atoms with E-state index in [1.165, 1.54) is 36.4 Å². The topological polar surface area (TPSA) is 64.0 Å². The highest BCUT2D eigenvalue weighted by Gasteiger charge is 2.20. The van der Waals surface area contributed by atoms with Crippen molar-refractivity contribution in [3.63, 3.8) is 0 Å². The summed E-state index contributed by atoms with van der Waals surface area (Å²) in [6, 6.07) is 10.00. The minimum atomic E-state index is -3.79. The lowest BCUT2D eigenvalue weighted by Gasteiger charge is -2.10. The van der Waals surface area contributed by atoms with Crippen molar-refractivity contribution in [2.75, 3.05) is 4.72 Å². The number of nitrogens with one attached hydrogen (secondary N) is 1. The molecule has 2 aromatic carbocycles. The van der Waals surface area contributed by atoms with Gasteiger partial charge in [0.2, 0.25) is 0 Å². The van der Waals surface area contributed by atoms with Crippen molar-refractivity contribution in [2.45, 2.75) is 25.3 Å². The predicted octanol–water partition coefficient (Wildman–Crippen LogP) is 4.79. The third-order valence-electron chi connectivity index (χ3n) is 4.08. The predicted molar refractivity (Wildman–Crippen MR) is 104 cm³/mol. The maximum Gasteiger partial charge on any atom is 0.262 e. The van der Waals surface area contributed by atoms with E-state index in [-0.39, 0.29) is 16.5 Å². The standard InChI is InChI=1S/C18H16Cl2FN3O2S/c1-11-18(23-27(25,26)16-7-4-14(19)5-8-16)12(2)24(22-11)10-13-3-6-15(21)9-17(13)20/h3-9,23H,10H2,1-2H3. The number of anilines is 1. The normalized spacial score (nSPS) is 11.6. The molecule has 1 heterocycles. The molecule has 0 aliphatic rings. The van der Waals surface area contributed by atoms with Gasteiger partial charge >= 0.3 is 0 Å². The molecule has 0 unspecified atom stereocenters. The van der Waals surface area contributed by atoms with Crippen molar-refractivity contribution >= 4 is 38.9 Å². The zero-order valence-electron chi connectivity index (χ0n) is 14.5. The fourth-order valence-corrected chi connectivity index (χ4v) is 4.15. The van der Waals surface area contributed by atoms with E-state index in [4.69, 9.17) is 23.2 Å². The molecule has 9 heteroatoms. The molecule has 0 saturated carbocycles. The number of rotatable bonds is 5. The SMILES string of the molecule is Cc1nn(Cc2ccc(F)cc2Cl)c(C)c1NS(=O)(=O)c1ccc(Cl)cc1. The Balaban J connectivity index is 1.90. The highest BCUT2D eigenvalue weighted by molar-refractivity contribution is 7.92. The van der Waals surface area contributed by atoms with Crippen LogP contribution in [0, 0.1) is 19.7 Å². The number of benzene rings is 2. The van der Waals surface area contributed by atoms with Gasteiger partial charge in [-0.1, -0.05) is 29.3 Å². The summed E-state index contributed by atoms with van der Waals surface area (Å²) in [6.45, 7) is 3.74. The molecule has 0 spiro atoms. The molecule has 0 bridgehead atoms. The first kappa shape index (κ1) is 19.7. The average Bonchev–Trinajstić information content (AvgIpc) is 2.85. The Morgan fingerprint density at radius 2 is 1.78 bits per heavy atom. The van der Waals surface area contributed by atoms with E-state index in [0.29, 0.717) is 27.7 Å². The van der Waals surface area contributed by atoms with Gasteiger partial charge in [-0.25, -0.2) is 12.8 Å². The Labute approximate surface area is 166 Å². The summed E-state index contributed by atoms with van der Waals surface area (Å²) in [5.41, 5.74) is 2.20. The van der Waals surface area contributed by atoms with Crippen LogP contribution in [0.25, 0.3) is 0 Å². The van der Waals surface area contributed by atoms with Crippen LogP contribution in [0.4, 0.5) is 10.1 Å². The second-order valence-electron chi connectivity index (χ2n) is 6.00. The van der Waals surface area contributed by atoms with Crippen molar-refractivity contribution < 1.29 is 12.8 Å². The van der Waals surface area contributed by atoms with E-state index in [1.807, 2.05) is 0 Å². The minimum Gasteiger partial charge on any atom is -0.276 e. The van der Waals surface area contributed by atoms with E-state index in [0.717, 1.165) is 0 Å². The van der Waals surface area contributed by atoms with Gasteiger partial charge in [0, 0.05) is 10.0 Å². The Hall–Kier alpha value is -2.09. The van der Waals surface area contributed by atoms with Gasteiger partial charge in [0.15, 0.2) is 0 Å². The van der Waals surface area contributed by atoms with E-state index in [1.54, 1.807) is 24.6 Å². The number of aryl methyl sites for hydroxylation is 1. The maximum absolute atomic E-state index is 13.2. The molecule has 0 radical (unpaired) electrons. The van der Waals surface area contributed by atoms with Crippen molar-refractivity contribution in [1.82, 2.24) is 9.78 Å². The monoisotopic (exact) mass is 427 g/mol. The molecule has 0 atom stereocenters. The van der Waals surface area contributed by atoms with Gasteiger partial charge in [-0.3, -0.25) is 9.40 Å². The second kappa shape index (κ2) is 7.50. The quantitative estimate of drug-likeness (QED) is 0.635. The molecule has 0 aliphatic carbocycles. The fraction of sp³-hybridized carbons (Fsp3) is 0.167. The third kappa shape index (κ3) is 4.26. The molecule has 142 valence electrons. The Morgan fingerprint density at radius 3 is 2.41 bits per heavy atom. The van der Waals surface area contributed by atoms with Crippen molar-refractivity contribution in [3.8, 4) is 0 Å². The number of sulfonamides is 1. The zero-order valence-corrected chi connectivity index (χ0v) is 16.8. The van der Waals surface area contributed by atoms with Crippen LogP contribution in [0.15, 0.2) is 47.4 Å². The summed E-state index contributed by atoms with van der Waals surface area (Å²) in [7, 11) is -3.79. The highest BCUT2D eigenvalue weighted by atomic mass is 35.5. The smallest absolute Gasteiger partial charge is 0.262 e. The highest BCUT2D eigenvalue weighted by Crippen LogP contribution is 2.26. The summed E-state index contributed by atoms with van der Waals surface area (Å²) < 4.78 is 42.7. The van der Waals surface area contributed by atoms with Crippen LogP contribution in [0.3, 0.4) is 0 Å². The lowest BCUT2D eigenvalue weighted by atomic mass is 10.2. The first-order valence-electron chi connectivity index (χ1n) is 7.93. The second-order valence-corrected chi connectivity index (χ2v) is 8.52. The summed E-state index contributed by atoms with van der Waals surface area (Å²) in [5.74, 6) is -0.423. The maximum atomic E-state index is 13.2. The van der Waals surface area contributed by atoms with Crippen molar-refractivity contribution in [3.05, 3.63) is 75.3 Å². The Kier molecular flexibility index (Phi) is 5.46. The Morgan fingerprint density at radius 1 is 1.11 bits per heavy atom. The zero-order chi connectivity index (χ0) is 19.8. The summed E-state index contributed by atoms with van der Waals surface area (Å²) >= 11 is 11.9. The van der Waals surface area contributed by atoms with Gasteiger partial charge in [0.25, 0.3) is 10.0 Å². The van der Waals surface area contributed by atoms with Gasteiger partial charge in [0.05, 0.1) is 28.5 Å². The lowest BCUT2D eigenvalue weighted by molar-refractivity contribution is 0.601. The summed E-state index contributed by atoms with van der Waals surface area (Å²) in [6.07, 6.45) is 0. The number of aromatic nitrogens is 2. The van der Waals surface area contributed by atoms with Gasteiger partial charge < -0.3 is 0 Å². The molecule has 5 nitrogen and oxygen atoms in total. The molecule has 3 rings (SSSR count). The number of nitrogens with zero attached hydrogens (tertiary/aromatic N) is 2. The number of hydrogen-bond donors (Lipinski definition) is 1. The van der Waals surface area contributed by atoms with Gasteiger partial charge in [-0.05, 0) is 55.8 Å². The van der Waals surface area contributed by atoms with Crippen LogP contribution in [0.1, 0.15) is 17.0 Å². The van der Waals surface area contributed by atoms with Crippen LogP contribution in [-0.2, 0) is 16.6 Å². The van der Waals surface area contributed by atoms with Gasteiger partial charge in [-0.15, -0.1) is 0 Å². The molecular weight excluding hydrogens is 412 g/mol. The van der Waals surface area contributed by atoms with E-state index in [2.05, 4.69) is 9.82 Å². The molecule has 1 aromatic heterocycles. The van der Waals surface area contributed by atoms with Crippen LogP contribution < -0.4 is 4.72 Å². The van der Waals surface area contributed by atoms with Gasteiger partial charge in [0.1, 0.15) is 5.82 Å².